The molecule has 0 aliphatic carbocycles. The zero-order valence-corrected chi connectivity index (χ0v) is 13.4. The van der Waals surface area contributed by atoms with Crippen LogP contribution in [0.15, 0.2) is 54.6 Å². The first-order valence-corrected chi connectivity index (χ1v) is 7.47. The third-order valence-corrected chi connectivity index (χ3v) is 3.77. The van der Waals surface area contributed by atoms with E-state index in [9.17, 15) is 0 Å². The van der Waals surface area contributed by atoms with E-state index >= 15 is 0 Å². The minimum atomic E-state index is 0.163. The maximum atomic E-state index is 6.11. The molecule has 1 atom stereocenters. The van der Waals surface area contributed by atoms with Crippen LogP contribution in [-0.2, 0) is 0 Å². The van der Waals surface area contributed by atoms with Crippen molar-refractivity contribution < 1.29 is 4.74 Å². The zero-order chi connectivity index (χ0) is 15.3. The van der Waals surface area contributed by atoms with E-state index in [1.165, 1.54) is 5.56 Å². The van der Waals surface area contributed by atoms with Crippen LogP contribution in [0.2, 0.25) is 0 Å². The number of ether oxygens (including phenoxy) is 1. The largest absolute Gasteiger partial charge is 0.491 e. The van der Waals surface area contributed by atoms with Crippen molar-refractivity contribution in [3.8, 4) is 16.9 Å². The molecule has 1 N–H and O–H groups in total. The second-order valence-corrected chi connectivity index (χ2v) is 6.38. The van der Waals surface area contributed by atoms with Crippen LogP contribution < -0.4 is 10.1 Å². The maximum Gasteiger partial charge on any atom is 0.127 e. The molecule has 1 unspecified atom stereocenters. The summed E-state index contributed by atoms with van der Waals surface area (Å²) >= 11 is 0. The first kappa shape index (κ1) is 15.6. The second-order valence-electron chi connectivity index (χ2n) is 6.38. The lowest BCUT2D eigenvalue weighted by Crippen LogP contribution is -2.42. The molecule has 0 aliphatic heterocycles. The first-order chi connectivity index (χ1) is 10.0. The molecule has 0 fully saturated rings. The average Bonchev–Trinajstić information content (AvgIpc) is 2.48. The van der Waals surface area contributed by atoms with Gasteiger partial charge in [-0.2, -0.15) is 0 Å². The van der Waals surface area contributed by atoms with Gasteiger partial charge in [-0.15, -0.1) is 0 Å². The van der Waals surface area contributed by atoms with Gasteiger partial charge in [0.1, 0.15) is 12.4 Å². The van der Waals surface area contributed by atoms with Crippen LogP contribution in [0.4, 0.5) is 0 Å². The Morgan fingerprint density at radius 2 is 1.57 bits per heavy atom. The van der Waals surface area contributed by atoms with Gasteiger partial charge in [0.15, 0.2) is 0 Å². The van der Waals surface area contributed by atoms with Crippen molar-refractivity contribution in [3.63, 3.8) is 0 Å². The standard InChI is InChI=1S/C19H25NO/c1-19(2,3)18(20-4)14-21-17-13-9-8-12-16(17)15-10-6-5-7-11-15/h5-13,18,20H,14H2,1-4H3. The summed E-state index contributed by atoms with van der Waals surface area (Å²) in [5, 5.41) is 3.35. The van der Waals surface area contributed by atoms with Crippen molar-refractivity contribution >= 4 is 0 Å². The molecule has 2 rings (SSSR count). The lowest BCUT2D eigenvalue weighted by molar-refractivity contribution is 0.182. The maximum absolute atomic E-state index is 6.11. The Kier molecular flexibility index (Phi) is 5.03. The van der Waals surface area contributed by atoms with Gasteiger partial charge >= 0.3 is 0 Å². The van der Waals surface area contributed by atoms with E-state index in [1.807, 2.05) is 25.2 Å². The normalized spacial score (nSPS) is 13.0. The van der Waals surface area contributed by atoms with E-state index in [0.717, 1.165) is 11.3 Å². The third kappa shape index (κ3) is 4.08. The summed E-state index contributed by atoms with van der Waals surface area (Å²) in [5.41, 5.74) is 2.49. The van der Waals surface area contributed by atoms with Crippen LogP contribution >= 0.6 is 0 Å². The molecule has 0 saturated heterocycles. The molecule has 0 spiro atoms. The van der Waals surface area contributed by atoms with Crippen molar-refractivity contribution in [3.05, 3.63) is 54.6 Å². The van der Waals surface area contributed by atoms with Crippen molar-refractivity contribution in [1.29, 1.82) is 0 Å². The molecule has 2 heteroatoms. The Morgan fingerprint density at radius 3 is 2.19 bits per heavy atom. The van der Waals surface area contributed by atoms with E-state index in [-0.39, 0.29) is 5.41 Å². The van der Waals surface area contributed by atoms with Gasteiger partial charge in [0, 0.05) is 11.6 Å². The fourth-order valence-electron chi connectivity index (χ4n) is 2.39. The van der Waals surface area contributed by atoms with Crippen molar-refractivity contribution in [2.24, 2.45) is 5.41 Å². The Balaban J connectivity index is 2.18. The van der Waals surface area contributed by atoms with Crippen LogP contribution in [0, 0.1) is 5.41 Å². The minimum absolute atomic E-state index is 0.163. The van der Waals surface area contributed by atoms with Gasteiger partial charge < -0.3 is 10.1 Å². The smallest absolute Gasteiger partial charge is 0.127 e. The molecule has 0 saturated carbocycles. The number of hydrogen-bond acceptors (Lipinski definition) is 2. The summed E-state index contributed by atoms with van der Waals surface area (Å²) in [4.78, 5) is 0. The molecule has 0 aromatic heterocycles. The van der Waals surface area contributed by atoms with Gasteiger partial charge in [0.05, 0.1) is 0 Å². The SMILES string of the molecule is CNC(COc1ccccc1-c1ccccc1)C(C)(C)C. The molecular formula is C19H25NO. The molecule has 112 valence electrons. The lowest BCUT2D eigenvalue weighted by Gasteiger charge is -2.30. The molecule has 21 heavy (non-hydrogen) atoms. The second kappa shape index (κ2) is 6.77. The van der Waals surface area contributed by atoms with Crippen LogP contribution in [0.3, 0.4) is 0 Å². The van der Waals surface area contributed by atoms with E-state index < -0.39 is 0 Å². The van der Waals surface area contributed by atoms with Gasteiger partial charge in [0.2, 0.25) is 0 Å². The lowest BCUT2D eigenvalue weighted by atomic mass is 9.87. The number of rotatable bonds is 5. The molecule has 0 aliphatic rings. The Morgan fingerprint density at radius 1 is 0.952 bits per heavy atom. The zero-order valence-electron chi connectivity index (χ0n) is 13.4. The molecular weight excluding hydrogens is 258 g/mol. The highest BCUT2D eigenvalue weighted by atomic mass is 16.5. The molecule has 2 aromatic rings. The highest BCUT2D eigenvalue weighted by Crippen LogP contribution is 2.30. The monoisotopic (exact) mass is 283 g/mol. The van der Waals surface area contributed by atoms with E-state index in [1.54, 1.807) is 0 Å². The highest BCUT2D eigenvalue weighted by Gasteiger charge is 2.23. The van der Waals surface area contributed by atoms with E-state index in [4.69, 9.17) is 4.74 Å². The molecule has 2 aromatic carbocycles. The number of likely N-dealkylation sites (N-methyl/N-ethyl adjacent to an activating group) is 1. The van der Waals surface area contributed by atoms with E-state index in [0.29, 0.717) is 12.6 Å². The molecule has 0 radical (unpaired) electrons. The summed E-state index contributed by atoms with van der Waals surface area (Å²) in [6.45, 7) is 7.33. The molecule has 2 nitrogen and oxygen atoms in total. The van der Waals surface area contributed by atoms with Gasteiger partial charge in [-0.3, -0.25) is 0 Å². The van der Waals surface area contributed by atoms with Crippen molar-refractivity contribution in [2.45, 2.75) is 26.8 Å². The first-order valence-electron chi connectivity index (χ1n) is 7.47. The Labute approximate surface area is 128 Å². The average molecular weight is 283 g/mol. The predicted octanol–water partition coefficient (Wildman–Crippen LogP) is 4.37. The van der Waals surface area contributed by atoms with Crippen LogP contribution in [0.5, 0.6) is 5.75 Å². The molecule has 0 amide bonds. The van der Waals surface area contributed by atoms with Crippen LogP contribution in [-0.4, -0.2) is 19.7 Å². The summed E-state index contributed by atoms with van der Waals surface area (Å²) in [5.74, 6) is 0.938. The fraction of sp³-hybridized carbons (Fsp3) is 0.368. The number of hydrogen-bond donors (Lipinski definition) is 1. The van der Waals surface area contributed by atoms with Gasteiger partial charge in [0.25, 0.3) is 0 Å². The van der Waals surface area contributed by atoms with E-state index in [2.05, 4.69) is 62.5 Å². The van der Waals surface area contributed by atoms with Gasteiger partial charge in [-0.05, 0) is 24.1 Å². The Hall–Kier alpha value is -1.80. The van der Waals surface area contributed by atoms with Crippen molar-refractivity contribution in [2.75, 3.05) is 13.7 Å². The van der Waals surface area contributed by atoms with Crippen LogP contribution in [0.1, 0.15) is 20.8 Å². The van der Waals surface area contributed by atoms with Crippen molar-refractivity contribution in [1.82, 2.24) is 5.32 Å². The number of benzene rings is 2. The Bertz CT molecular complexity index is 557. The van der Waals surface area contributed by atoms with Crippen LogP contribution in [0.25, 0.3) is 11.1 Å². The summed E-state index contributed by atoms with van der Waals surface area (Å²) in [6.07, 6.45) is 0. The summed E-state index contributed by atoms with van der Waals surface area (Å²) in [7, 11) is 1.99. The quantitative estimate of drug-likeness (QED) is 0.880. The highest BCUT2D eigenvalue weighted by molar-refractivity contribution is 5.70. The predicted molar refractivity (Wildman–Crippen MR) is 89.7 cm³/mol. The van der Waals surface area contributed by atoms with Gasteiger partial charge in [-0.25, -0.2) is 0 Å². The summed E-state index contributed by atoms with van der Waals surface area (Å²) < 4.78 is 6.11. The topological polar surface area (TPSA) is 21.3 Å². The summed E-state index contributed by atoms with van der Waals surface area (Å²) in [6, 6.07) is 18.9. The molecule has 0 bridgehead atoms. The minimum Gasteiger partial charge on any atom is -0.491 e. The fourth-order valence-corrected chi connectivity index (χ4v) is 2.39. The number of para-hydroxylation sites is 1. The third-order valence-electron chi connectivity index (χ3n) is 3.77. The van der Waals surface area contributed by atoms with Gasteiger partial charge in [-0.1, -0.05) is 69.3 Å². The molecule has 0 heterocycles. The number of nitrogens with one attached hydrogen (secondary N) is 1.